The van der Waals surface area contributed by atoms with E-state index in [9.17, 15) is 10.1 Å². The maximum atomic E-state index is 10.6. The first-order valence-corrected chi connectivity index (χ1v) is 5.87. The lowest BCUT2D eigenvalue weighted by Crippen LogP contribution is -2.44. The van der Waals surface area contributed by atoms with Gasteiger partial charge >= 0.3 is 0 Å². The van der Waals surface area contributed by atoms with Crippen LogP contribution >= 0.6 is 0 Å². The molecule has 0 heterocycles. The summed E-state index contributed by atoms with van der Waals surface area (Å²) in [6, 6.07) is 6.71. The molecule has 0 amide bonds. The van der Waals surface area contributed by atoms with Gasteiger partial charge in [-0.1, -0.05) is 12.1 Å². The molecule has 1 aromatic rings. The molecule has 1 N–H and O–H groups in total. The van der Waals surface area contributed by atoms with E-state index in [-0.39, 0.29) is 17.3 Å². The second kappa shape index (κ2) is 5.93. The van der Waals surface area contributed by atoms with Gasteiger partial charge in [0, 0.05) is 30.8 Å². The molecule has 0 aliphatic carbocycles. The smallest absolute Gasteiger partial charge is 0.269 e. The van der Waals surface area contributed by atoms with Crippen LogP contribution in [0.2, 0.25) is 0 Å². The Labute approximate surface area is 107 Å². The lowest BCUT2D eigenvalue weighted by atomic mass is 10.0. The summed E-state index contributed by atoms with van der Waals surface area (Å²) in [5, 5.41) is 14.0. The van der Waals surface area contributed by atoms with Crippen LogP contribution in [0.4, 0.5) is 5.69 Å². The highest BCUT2D eigenvalue weighted by molar-refractivity contribution is 5.34. The molecule has 18 heavy (non-hydrogen) atoms. The molecule has 0 spiro atoms. The third kappa shape index (κ3) is 4.09. The summed E-state index contributed by atoms with van der Waals surface area (Å²) in [5.41, 5.74) is 0.988. The van der Waals surface area contributed by atoms with Crippen molar-refractivity contribution in [1.82, 2.24) is 5.32 Å². The molecule has 100 valence electrons. The summed E-state index contributed by atoms with van der Waals surface area (Å²) in [7, 11) is 1.67. The van der Waals surface area contributed by atoms with Gasteiger partial charge in [-0.15, -0.1) is 0 Å². The largest absolute Gasteiger partial charge is 0.383 e. The Morgan fingerprint density at radius 2 is 1.94 bits per heavy atom. The lowest BCUT2D eigenvalue weighted by molar-refractivity contribution is -0.384. The second-order valence-electron chi connectivity index (χ2n) is 5.03. The number of methoxy groups -OCH3 is 1. The van der Waals surface area contributed by atoms with Crippen molar-refractivity contribution in [2.24, 2.45) is 0 Å². The summed E-state index contributed by atoms with van der Waals surface area (Å²) in [4.78, 5) is 10.2. The molecule has 0 bridgehead atoms. The fourth-order valence-electron chi connectivity index (χ4n) is 1.96. The number of hydrogen-bond acceptors (Lipinski definition) is 4. The number of nitro groups is 1. The van der Waals surface area contributed by atoms with Crippen LogP contribution < -0.4 is 5.32 Å². The van der Waals surface area contributed by atoms with Crippen LogP contribution in [0.15, 0.2) is 24.3 Å². The molecule has 1 aromatic carbocycles. The molecule has 1 atom stereocenters. The average molecular weight is 252 g/mol. The number of hydrogen-bond donors (Lipinski definition) is 1. The van der Waals surface area contributed by atoms with E-state index in [2.05, 4.69) is 19.2 Å². The number of nitrogens with zero attached hydrogens (tertiary/aromatic N) is 1. The Morgan fingerprint density at radius 1 is 1.39 bits per heavy atom. The maximum Gasteiger partial charge on any atom is 0.269 e. The fraction of sp³-hybridized carbons (Fsp3) is 0.538. The lowest BCUT2D eigenvalue weighted by Gasteiger charge is -2.29. The predicted octanol–water partition coefficient (Wildman–Crippen LogP) is 2.67. The van der Waals surface area contributed by atoms with Crippen molar-refractivity contribution in [2.45, 2.75) is 32.4 Å². The van der Waals surface area contributed by atoms with Crippen molar-refractivity contribution in [3.8, 4) is 0 Å². The van der Waals surface area contributed by atoms with Crippen LogP contribution in [0, 0.1) is 10.1 Å². The van der Waals surface area contributed by atoms with E-state index in [1.165, 1.54) is 12.1 Å². The number of benzene rings is 1. The van der Waals surface area contributed by atoms with E-state index >= 15 is 0 Å². The van der Waals surface area contributed by atoms with Gasteiger partial charge in [-0.05, 0) is 26.3 Å². The van der Waals surface area contributed by atoms with Gasteiger partial charge in [0.1, 0.15) is 0 Å². The van der Waals surface area contributed by atoms with Gasteiger partial charge in [-0.2, -0.15) is 0 Å². The molecule has 0 radical (unpaired) electrons. The van der Waals surface area contributed by atoms with Gasteiger partial charge < -0.3 is 10.1 Å². The van der Waals surface area contributed by atoms with Crippen molar-refractivity contribution < 1.29 is 9.66 Å². The van der Waals surface area contributed by atoms with Crippen LogP contribution in [0.3, 0.4) is 0 Å². The zero-order valence-corrected chi connectivity index (χ0v) is 11.3. The number of nitro benzene ring substituents is 1. The van der Waals surface area contributed by atoms with Gasteiger partial charge in [0.15, 0.2) is 0 Å². The minimum absolute atomic E-state index is 0.107. The minimum atomic E-state index is -0.392. The molecule has 0 aliphatic rings. The molecule has 0 fully saturated rings. The topological polar surface area (TPSA) is 64.4 Å². The van der Waals surface area contributed by atoms with Crippen molar-refractivity contribution in [3.05, 3.63) is 39.9 Å². The van der Waals surface area contributed by atoms with E-state index in [0.717, 1.165) is 5.56 Å². The summed E-state index contributed by atoms with van der Waals surface area (Å²) in [6.45, 7) is 6.74. The molecular formula is C13H20N2O3. The summed E-state index contributed by atoms with van der Waals surface area (Å²) >= 11 is 0. The molecule has 5 nitrogen and oxygen atoms in total. The Hall–Kier alpha value is -1.46. The molecular weight excluding hydrogens is 232 g/mol. The normalized spacial score (nSPS) is 13.3. The van der Waals surface area contributed by atoms with Crippen molar-refractivity contribution in [3.63, 3.8) is 0 Å². The van der Waals surface area contributed by atoms with E-state index in [0.29, 0.717) is 6.61 Å². The van der Waals surface area contributed by atoms with Crippen LogP contribution in [-0.2, 0) is 4.74 Å². The quantitative estimate of drug-likeness (QED) is 0.624. The Morgan fingerprint density at radius 3 is 2.39 bits per heavy atom. The van der Waals surface area contributed by atoms with Crippen molar-refractivity contribution in [2.75, 3.05) is 13.7 Å². The Balaban J connectivity index is 2.72. The highest BCUT2D eigenvalue weighted by Gasteiger charge is 2.20. The number of ether oxygens (including phenoxy) is 1. The molecule has 0 aliphatic heterocycles. The Kier molecular flexibility index (Phi) is 4.81. The Bertz CT molecular complexity index is 401. The first kappa shape index (κ1) is 14.6. The average Bonchev–Trinajstić information content (AvgIpc) is 2.28. The maximum absolute atomic E-state index is 10.6. The number of rotatable bonds is 6. The zero-order chi connectivity index (χ0) is 13.8. The van der Waals surface area contributed by atoms with E-state index in [4.69, 9.17) is 4.74 Å². The molecule has 1 rings (SSSR count). The molecule has 0 saturated carbocycles. The van der Waals surface area contributed by atoms with Crippen molar-refractivity contribution >= 4 is 5.69 Å². The highest BCUT2D eigenvalue weighted by atomic mass is 16.6. The summed E-state index contributed by atoms with van der Waals surface area (Å²) in [5.74, 6) is 0. The van der Waals surface area contributed by atoms with Crippen molar-refractivity contribution in [1.29, 1.82) is 0 Å². The van der Waals surface area contributed by atoms with Gasteiger partial charge in [-0.3, -0.25) is 10.1 Å². The highest BCUT2D eigenvalue weighted by Crippen LogP contribution is 2.19. The minimum Gasteiger partial charge on any atom is -0.383 e. The zero-order valence-electron chi connectivity index (χ0n) is 11.3. The monoisotopic (exact) mass is 252 g/mol. The summed E-state index contributed by atoms with van der Waals surface area (Å²) < 4.78 is 5.14. The van der Waals surface area contributed by atoms with Gasteiger partial charge in [-0.25, -0.2) is 0 Å². The SMILES string of the molecule is COCC(C)(C)N[C@H](C)c1ccc([N+](=O)[O-])cc1. The number of nitrogens with one attached hydrogen (secondary N) is 1. The van der Waals surface area contributed by atoms with Crippen LogP contribution in [0.1, 0.15) is 32.4 Å². The summed E-state index contributed by atoms with van der Waals surface area (Å²) in [6.07, 6.45) is 0. The standard InChI is InChI=1S/C13H20N2O3/c1-10(14-13(2,3)9-18-4)11-5-7-12(8-6-11)15(16)17/h5-8,10,14H,9H2,1-4H3/t10-/m1/s1. The van der Waals surface area contributed by atoms with E-state index < -0.39 is 4.92 Å². The first-order chi connectivity index (χ1) is 8.35. The van der Waals surface area contributed by atoms with Gasteiger partial charge in [0.25, 0.3) is 5.69 Å². The number of non-ortho nitro benzene ring substituents is 1. The van der Waals surface area contributed by atoms with E-state index in [1.807, 2.05) is 6.92 Å². The molecule has 0 unspecified atom stereocenters. The first-order valence-electron chi connectivity index (χ1n) is 5.87. The molecule has 5 heteroatoms. The molecule has 0 saturated heterocycles. The fourth-order valence-corrected chi connectivity index (χ4v) is 1.96. The predicted molar refractivity (Wildman–Crippen MR) is 70.6 cm³/mol. The second-order valence-corrected chi connectivity index (χ2v) is 5.03. The molecule has 0 aromatic heterocycles. The van der Waals surface area contributed by atoms with Gasteiger partial charge in [0.2, 0.25) is 0 Å². The van der Waals surface area contributed by atoms with Crippen LogP contribution in [-0.4, -0.2) is 24.2 Å². The van der Waals surface area contributed by atoms with Crippen LogP contribution in [0.5, 0.6) is 0 Å². The van der Waals surface area contributed by atoms with Gasteiger partial charge in [0.05, 0.1) is 11.5 Å². The third-order valence-corrected chi connectivity index (χ3v) is 2.72. The van der Waals surface area contributed by atoms with E-state index in [1.54, 1.807) is 19.2 Å². The van der Waals surface area contributed by atoms with Crippen LogP contribution in [0.25, 0.3) is 0 Å². The third-order valence-electron chi connectivity index (χ3n) is 2.72.